The van der Waals surface area contributed by atoms with E-state index in [4.69, 9.17) is 32.5 Å². The van der Waals surface area contributed by atoms with Crippen molar-refractivity contribution in [1.82, 2.24) is 0 Å². The molecule has 0 fully saturated rings. The minimum Gasteiger partial charge on any atom is -0.443 e. The molecule has 1 heterocycles. The molecule has 0 radical (unpaired) electrons. The van der Waals surface area contributed by atoms with Gasteiger partial charge >= 0.3 is 0 Å². The molecule has 4 N–H and O–H groups in total. The smallest absolute Gasteiger partial charge is 0.290 e. The highest BCUT2D eigenvalue weighted by atomic mass is 35.5. The van der Waals surface area contributed by atoms with Crippen molar-refractivity contribution in [2.45, 2.75) is 5.79 Å². The molecule has 3 aromatic carbocycles. The Bertz CT molecular complexity index is 1070. The van der Waals surface area contributed by atoms with E-state index in [1.807, 2.05) is 30.3 Å². The average molecular weight is 399 g/mol. The third kappa shape index (κ3) is 2.78. The van der Waals surface area contributed by atoms with Gasteiger partial charge in [-0.15, -0.1) is 0 Å². The van der Waals surface area contributed by atoms with Crippen LogP contribution in [0.2, 0.25) is 5.02 Å². The topological polar surface area (TPSA) is 87.6 Å². The Kier molecular flexibility index (Phi) is 4.45. The number of nitrogens with two attached hydrogens (primary N) is 2. The number of halogens is 2. The predicted octanol–water partition coefficient (Wildman–Crippen LogP) is 3.83. The number of hydrogen-bond donors (Lipinski definition) is 2. The number of rotatable bonds is 4. The van der Waals surface area contributed by atoms with Gasteiger partial charge in [-0.3, -0.25) is 4.79 Å². The summed E-state index contributed by atoms with van der Waals surface area (Å²) in [6.45, 7) is 0.00268. The lowest BCUT2D eigenvalue weighted by molar-refractivity contribution is -0.0767. The first-order chi connectivity index (χ1) is 13.5. The summed E-state index contributed by atoms with van der Waals surface area (Å²) >= 11 is 6.39. The van der Waals surface area contributed by atoms with Gasteiger partial charge in [0, 0.05) is 11.1 Å². The minimum atomic E-state index is -1.29. The zero-order chi connectivity index (χ0) is 19.9. The van der Waals surface area contributed by atoms with Gasteiger partial charge in [-0.1, -0.05) is 48.0 Å². The molecule has 1 aliphatic heterocycles. The number of benzene rings is 3. The van der Waals surface area contributed by atoms with Crippen LogP contribution in [0.15, 0.2) is 60.7 Å². The molecule has 1 amide bonds. The average Bonchev–Trinajstić information content (AvgIpc) is 3.09. The molecule has 0 saturated carbocycles. The van der Waals surface area contributed by atoms with Crippen LogP contribution in [0.5, 0.6) is 11.5 Å². The van der Waals surface area contributed by atoms with Gasteiger partial charge in [-0.25, -0.2) is 4.39 Å². The molecule has 4 rings (SSSR count). The molecule has 0 saturated heterocycles. The number of amides is 1. The van der Waals surface area contributed by atoms with Crippen molar-refractivity contribution in [3.63, 3.8) is 0 Å². The fourth-order valence-corrected chi connectivity index (χ4v) is 3.56. The van der Waals surface area contributed by atoms with Crippen LogP contribution >= 0.6 is 11.6 Å². The van der Waals surface area contributed by atoms with Crippen LogP contribution in [-0.4, -0.2) is 12.5 Å². The molecular weight excluding hydrogens is 383 g/mol. The molecular formula is C21H16ClFN2O3. The molecule has 1 atom stereocenters. The number of carbonyl (C=O) groups excluding carboxylic acids is 1. The van der Waals surface area contributed by atoms with Gasteiger partial charge in [0.2, 0.25) is 5.91 Å². The van der Waals surface area contributed by atoms with E-state index < -0.39 is 17.5 Å². The second-order valence-corrected chi connectivity index (χ2v) is 6.71. The quantitative estimate of drug-likeness (QED) is 0.699. The zero-order valence-electron chi connectivity index (χ0n) is 14.6. The molecule has 3 aromatic rings. The van der Waals surface area contributed by atoms with Crippen molar-refractivity contribution in [1.29, 1.82) is 0 Å². The molecule has 7 heteroatoms. The van der Waals surface area contributed by atoms with E-state index in [-0.39, 0.29) is 34.0 Å². The van der Waals surface area contributed by atoms with Crippen LogP contribution in [0, 0.1) is 5.82 Å². The molecule has 28 heavy (non-hydrogen) atoms. The summed E-state index contributed by atoms with van der Waals surface area (Å²) in [5, 5.41) is 0.191. The highest BCUT2D eigenvalue weighted by Crippen LogP contribution is 2.52. The number of primary amides is 1. The van der Waals surface area contributed by atoms with E-state index in [2.05, 4.69) is 0 Å². The van der Waals surface area contributed by atoms with Gasteiger partial charge in [-0.05, 0) is 24.3 Å². The molecule has 0 bridgehead atoms. The van der Waals surface area contributed by atoms with Crippen molar-refractivity contribution in [2.75, 3.05) is 6.54 Å². The van der Waals surface area contributed by atoms with Crippen molar-refractivity contribution in [3.8, 4) is 22.6 Å². The second-order valence-electron chi connectivity index (χ2n) is 6.30. The summed E-state index contributed by atoms with van der Waals surface area (Å²) in [4.78, 5) is 11.9. The summed E-state index contributed by atoms with van der Waals surface area (Å²) in [6, 6.07) is 16.4. The minimum absolute atomic E-state index is 0.00268. The first-order valence-corrected chi connectivity index (χ1v) is 8.89. The van der Waals surface area contributed by atoms with Gasteiger partial charge < -0.3 is 20.9 Å². The van der Waals surface area contributed by atoms with Crippen molar-refractivity contribution in [3.05, 3.63) is 82.6 Å². The number of ether oxygens (including phenoxy) is 2. The lowest BCUT2D eigenvalue weighted by Crippen LogP contribution is -2.43. The third-order valence-corrected chi connectivity index (χ3v) is 4.94. The van der Waals surface area contributed by atoms with Crippen molar-refractivity contribution >= 4 is 17.5 Å². The van der Waals surface area contributed by atoms with Crippen LogP contribution in [-0.2, 0) is 5.79 Å². The van der Waals surface area contributed by atoms with Gasteiger partial charge in [0.05, 0.1) is 22.7 Å². The highest BCUT2D eigenvalue weighted by Gasteiger charge is 2.44. The van der Waals surface area contributed by atoms with Gasteiger partial charge in [-0.2, -0.15) is 0 Å². The second kappa shape index (κ2) is 6.82. The first kappa shape index (κ1) is 18.3. The third-order valence-electron chi connectivity index (χ3n) is 4.62. The standard InChI is InChI=1S/C21H16ClFN2O3/c22-14-9-10-16-19(18(14)17-13(20(25)26)7-4-8-15(17)23)28-21(11-24,27-16)12-5-2-1-3-6-12/h1-10H,11,24H2,(H2,25,26). The van der Waals surface area contributed by atoms with E-state index in [1.54, 1.807) is 12.1 Å². The van der Waals surface area contributed by atoms with Crippen LogP contribution in [0.4, 0.5) is 4.39 Å². The van der Waals surface area contributed by atoms with Gasteiger partial charge in [0.1, 0.15) is 5.82 Å². The summed E-state index contributed by atoms with van der Waals surface area (Å²) in [5.74, 6) is -2.18. The van der Waals surface area contributed by atoms with Gasteiger partial charge in [0.25, 0.3) is 5.79 Å². The summed E-state index contributed by atoms with van der Waals surface area (Å²) in [7, 11) is 0. The number of hydrogen-bond acceptors (Lipinski definition) is 4. The van der Waals surface area contributed by atoms with E-state index in [9.17, 15) is 9.18 Å². The van der Waals surface area contributed by atoms with Crippen molar-refractivity contribution in [2.24, 2.45) is 11.5 Å². The monoisotopic (exact) mass is 398 g/mol. The Morgan fingerprint density at radius 2 is 1.75 bits per heavy atom. The van der Waals surface area contributed by atoms with Crippen LogP contribution in [0.1, 0.15) is 15.9 Å². The molecule has 1 unspecified atom stereocenters. The number of fused-ring (bicyclic) bond motifs is 1. The SMILES string of the molecule is NCC1(c2ccccc2)Oc2ccc(Cl)c(-c3c(F)cccc3C(N)=O)c2O1. The maximum absolute atomic E-state index is 14.8. The molecule has 0 aliphatic carbocycles. The van der Waals surface area contributed by atoms with E-state index in [0.717, 1.165) is 0 Å². The van der Waals surface area contributed by atoms with E-state index in [1.165, 1.54) is 18.2 Å². The molecule has 0 spiro atoms. The normalized spacial score (nSPS) is 17.5. The first-order valence-electron chi connectivity index (χ1n) is 8.51. The summed E-state index contributed by atoms with van der Waals surface area (Å²) in [5.41, 5.74) is 12.3. The summed E-state index contributed by atoms with van der Waals surface area (Å²) < 4.78 is 26.9. The number of carbonyl (C=O) groups is 1. The molecule has 142 valence electrons. The van der Waals surface area contributed by atoms with Crippen molar-refractivity contribution < 1.29 is 18.7 Å². The molecule has 5 nitrogen and oxygen atoms in total. The maximum atomic E-state index is 14.8. The highest BCUT2D eigenvalue weighted by molar-refractivity contribution is 6.34. The van der Waals surface area contributed by atoms with E-state index >= 15 is 0 Å². The Hall–Kier alpha value is -3.09. The Balaban J connectivity index is 1.94. The van der Waals surface area contributed by atoms with Crippen LogP contribution < -0.4 is 20.9 Å². The van der Waals surface area contributed by atoms with Crippen LogP contribution in [0.25, 0.3) is 11.1 Å². The lowest BCUT2D eigenvalue weighted by Gasteiger charge is -2.26. The molecule has 0 aromatic heterocycles. The summed E-state index contributed by atoms with van der Waals surface area (Å²) in [6.07, 6.45) is 0. The Morgan fingerprint density at radius 1 is 1.00 bits per heavy atom. The maximum Gasteiger partial charge on any atom is 0.290 e. The van der Waals surface area contributed by atoms with Crippen LogP contribution in [0.3, 0.4) is 0 Å². The van der Waals surface area contributed by atoms with E-state index in [0.29, 0.717) is 11.3 Å². The zero-order valence-corrected chi connectivity index (χ0v) is 15.4. The largest absolute Gasteiger partial charge is 0.443 e. The molecule has 1 aliphatic rings. The fourth-order valence-electron chi connectivity index (χ4n) is 3.31. The Labute approximate surface area is 165 Å². The lowest BCUT2D eigenvalue weighted by atomic mass is 9.97. The Morgan fingerprint density at radius 3 is 2.43 bits per heavy atom. The van der Waals surface area contributed by atoms with Gasteiger partial charge in [0.15, 0.2) is 11.5 Å². The predicted molar refractivity (Wildman–Crippen MR) is 104 cm³/mol. The fraction of sp³-hybridized carbons (Fsp3) is 0.0952.